The number of ether oxygens (including phenoxy) is 3. The van der Waals surface area contributed by atoms with E-state index in [9.17, 15) is 9.59 Å². The molecule has 0 rings (SSSR count). The fraction of sp³-hybridized carbons (Fsp3) is 0.636. The summed E-state index contributed by atoms with van der Waals surface area (Å²) in [6, 6.07) is -0.764. The van der Waals surface area contributed by atoms with E-state index in [0.29, 0.717) is 17.7 Å². The Morgan fingerprint density at radius 3 is 2.50 bits per heavy atom. The summed E-state index contributed by atoms with van der Waals surface area (Å²) in [7, 11) is 2.80. The number of hydrogen-bond donors (Lipinski definition) is 1. The highest BCUT2D eigenvalue weighted by molar-refractivity contribution is 9.11. The molecule has 0 aliphatic rings. The molecule has 0 aromatic rings. The van der Waals surface area contributed by atoms with E-state index in [2.05, 4.69) is 32.6 Å². The molecule has 6 nitrogen and oxygen atoms in total. The van der Waals surface area contributed by atoms with E-state index in [4.69, 9.17) is 9.47 Å². The quantitative estimate of drug-likeness (QED) is 0.497. The van der Waals surface area contributed by atoms with Crippen LogP contribution < -0.4 is 5.32 Å². The first kappa shape index (κ1) is 17.1. The molecule has 0 saturated heterocycles. The van der Waals surface area contributed by atoms with Crippen LogP contribution in [0.4, 0.5) is 0 Å². The minimum atomic E-state index is -0.764. The minimum absolute atomic E-state index is 0.133. The summed E-state index contributed by atoms with van der Waals surface area (Å²) in [6.45, 7) is 4.21. The molecule has 0 saturated carbocycles. The molecule has 0 aromatic heterocycles. The van der Waals surface area contributed by atoms with Gasteiger partial charge in [-0.2, -0.15) is 0 Å². The molecule has 0 aliphatic carbocycles. The van der Waals surface area contributed by atoms with Crippen LogP contribution in [0.3, 0.4) is 0 Å². The molecule has 0 aliphatic heterocycles. The predicted molar refractivity (Wildman–Crippen MR) is 69.3 cm³/mol. The monoisotopic (exact) mass is 323 g/mol. The molecule has 0 aromatic carbocycles. The van der Waals surface area contributed by atoms with Gasteiger partial charge < -0.3 is 19.5 Å². The van der Waals surface area contributed by atoms with E-state index in [1.807, 2.05) is 0 Å². The number of rotatable bonds is 9. The lowest BCUT2D eigenvalue weighted by Crippen LogP contribution is -2.43. The molecule has 104 valence electrons. The largest absolute Gasteiger partial charge is 0.467 e. The summed E-state index contributed by atoms with van der Waals surface area (Å²) in [5, 5.41) is 2.51. The third-order valence-corrected chi connectivity index (χ3v) is 2.24. The first-order chi connectivity index (χ1) is 8.51. The van der Waals surface area contributed by atoms with Crippen LogP contribution >= 0.6 is 15.9 Å². The van der Waals surface area contributed by atoms with Crippen molar-refractivity contribution in [2.24, 2.45) is 0 Å². The average molecular weight is 324 g/mol. The van der Waals surface area contributed by atoms with Crippen LogP contribution in [0.1, 0.15) is 6.42 Å². The zero-order valence-corrected chi connectivity index (χ0v) is 12.1. The van der Waals surface area contributed by atoms with Gasteiger partial charge in [0.1, 0.15) is 12.6 Å². The van der Waals surface area contributed by atoms with Gasteiger partial charge in [0.25, 0.3) is 0 Å². The Labute approximate surface area is 115 Å². The van der Waals surface area contributed by atoms with Crippen molar-refractivity contribution >= 4 is 27.8 Å². The van der Waals surface area contributed by atoms with Crippen LogP contribution in [0.5, 0.6) is 0 Å². The van der Waals surface area contributed by atoms with Crippen LogP contribution in [-0.2, 0) is 23.8 Å². The van der Waals surface area contributed by atoms with Crippen molar-refractivity contribution in [3.05, 3.63) is 11.1 Å². The Bertz CT molecular complexity index is 295. The Morgan fingerprint density at radius 2 is 2.00 bits per heavy atom. The molecule has 1 N–H and O–H groups in total. The third-order valence-electron chi connectivity index (χ3n) is 1.91. The Hall–Kier alpha value is -0.920. The zero-order chi connectivity index (χ0) is 14.0. The van der Waals surface area contributed by atoms with Crippen LogP contribution in [0.15, 0.2) is 11.1 Å². The molecule has 0 fully saturated rings. The van der Waals surface area contributed by atoms with Crippen LogP contribution in [0.2, 0.25) is 0 Å². The van der Waals surface area contributed by atoms with Crippen LogP contribution in [0.25, 0.3) is 0 Å². The van der Waals surface area contributed by atoms with E-state index in [-0.39, 0.29) is 13.0 Å². The normalized spacial score (nSPS) is 11.7. The number of amides is 1. The zero-order valence-electron chi connectivity index (χ0n) is 10.5. The molecular weight excluding hydrogens is 306 g/mol. The average Bonchev–Trinajstić information content (AvgIpc) is 2.32. The Morgan fingerprint density at radius 1 is 1.33 bits per heavy atom. The predicted octanol–water partition coefficient (Wildman–Crippen LogP) is 0.606. The summed E-state index contributed by atoms with van der Waals surface area (Å²) in [6.07, 6.45) is 0.260. The molecule has 0 radical (unpaired) electrons. The van der Waals surface area contributed by atoms with Gasteiger partial charge in [-0.1, -0.05) is 22.5 Å². The summed E-state index contributed by atoms with van der Waals surface area (Å²) >= 11 is 3.13. The minimum Gasteiger partial charge on any atom is -0.467 e. The Balaban J connectivity index is 4.10. The molecule has 18 heavy (non-hydrogen) atoms. The van der Waals surface area contributed by atoms with E-state index in [1.54, 1.807) is 7.11 Å². The SMILES string of the molecule is C=C(Br)C[C@H](NC(=O)COCCOC)C(=O)OC. The molecular formula is C11H18BrNO5. The van der Waals surface area contributed by atoms with E-state index < -0.39 is 17.9 Å². The van der Waals surface area contributed by atoms with Gasteiger partial charge in [-0.25, -0.2) is 4.79 Å². The highest BCUT2D eigenvalue weighted by atomic mass is 79.9. The molecule has 1 amide bonds. The Kier molecular flexibility index (Phi) is 9.53. The number of methoxy groups -OCH3 is 2. The third kappa shape index (κ3) is 8.21. The molecule has 0 bridgehead atoms. The first-order valence-electron chi connectivity index (χ1n) is 5.28. The summed E-state index contributed by atoms with van der Waals surface area (Å²) in [5.41, 5.74) is 0. The van der Waals surface area contributed by atoms with Crippen molar-refractivity contribution in [2.45, 2.75) is 12.5 Å². The van der Waals surface area contributed by atoms with E-state index in [0.717, 1.165) is 0 Å². The highest BCUT2D eigenvalue weighted by Gasteiger charge is 2.21. The van der Waals surface area contributed by atoms with Gasteiger partial charge in [0, 0.05) is 13.5 Å². The number of carbonyl (C=O) groups excluding carboxylic acids is 2. The van der Waals surface area contributed by atoms with Crippen LogP contribution in [0, 0.1) is 0 Å². The standard InChI is InChI=1S/C11H18BrNO5/c1-8(12)6-9(11(15)17-3)13-10(14)7-18-5-4-16-2/h9H,1,4-7H2,2-3H3,(H,13,14)/t9-/m0/s1. The lowest BCUT2D eigenvalue weighted by atomic mass is 10.2. The van der Waals surface area contributed by atoms with Gasteiger partial charge in [0.2, 0.25) is 5.91 Å². The highest BCUT2D eigenvalue weighted by Crippen LogP contribution is 2.10. The molecule has 0 unspecified atom stereocenters. The number of halogens is 1. The maximum Gasteiger partial charge on any atom is 0.328 e. The maximum atomic E-state index is 11.5. The molecule has 1 atom stereocenters. The lowest BCUT2D eigenvalue weighted by Gasteiger charge is -2.15. The molecule has 0 heterocycles. The van der Waals surface area contributed by atoms with Crippen molar-refractivity contribution in [2.75, 3.05) is 34.0 Å². The van der Waals surface area contributed by atoms with Gasteiger partial charge >= 0.3 is 5.97 Å². The van der Waals surface area contributed by atoms with Gasteiger partial charge in [0.05, 0.1) is 20.3 Å². The van der Waals surface area contributed by atoms with Crippen molar-refractivity contribution < 1.29 is 23.8 Å². The fourth-order valence-electron chi connectivity index (χ4n) is 1.10. The van der Waals surface area contributed by atoms with Crippen molar-refractivity contribution in [1.82, 2.24) is 5.32 Å². The smallest absolute Gasteiger partial charge is 0.328 e. The van der Waals surface area contributed by atoms with Gasteiger partial charge in [-0.15, -0.1) is 0 Å². The summed E-state index contributed by atoms with van der Waals surface area (Å²) in [4.78, 5) is 22.9. The van der Waals surface area contributed by atoms with Gasteiger partial charge in [-0.05, 0) is 4.48 Å². The second-order valence-corrected chi connectivity index (χ2v) is 4.53. The first-order valence-corrected chi connectivity index (χ1v) is 6.07. The van der Waals surface area contributed by atoms with Gasteiger partial charge in [-0.3, -0.25) is 4.79 Å². The number of esters is 1. The van der Waals surface area contributed by atoms with Crippen LogP contribution in [-0.4, -0.2) is 52.0 Å². The summed E-state index contributed by atoms with van der Waals surface area (Å²) in [5.74, 6) is -0.920. The van der Waals surface area contributed by atoms with Crippen molar-refractivity contribution in [3.8, 4) is 0 Å². The fourth-order valence-corrected chi connectivity index (χ4v) is 1.42. The van der Waals surface area contributed by atoms with E-state index in [1.165, 1.54) is 7.11 Å². The second-order valence-electron chi connectivity index (χ2n) is 3.41. The maximum absolute atomic E-state index is 11.5. The van der Waals surface area contributed by atoms with Crippen molar-refractivity contribution in [3.63, 3.8) is 0 Å². The number of carbonyl (C=O) groups is 2. The number of hydrogen-bond acceptors (Lipinski definition) is 5. The topological polar surface area (TPSA) is 73.9 Å². The second kappa shape index (κ2) is 10.0. The molecule has 0 spiro atoms. The summed E-state index contributed by atoms with van der Waals surface area (Å²) < 4.78 is 15.0. The molecule has 7 heteroatoms. The number of nitrogens with one attached hydrogen (secondary N) is 1. The van der Waals surface area contributed by atoms with Gasteiger partial charge in [0.15, 0.2) is 0 Å². The lowest BCUT2D eigenvalue weighted by molar-refractivity contribution is -0.145. The van der Waals surface area contributed by atoms with Crippen molar-refractivity contribution in [1.29, 1.82) is 0 Å². The van der Waals surface area contributed by atoms with E-state index >= 15 is 0 Å².